The van der Waals surface area contributed by atoms with Crippen molar-refractivity contribution in [1.82, 2.24) is 0 Å². The van der Waals surface area contributed by atoms with Crippen molar-refractivity contribution in [2.75, 3.05) is 6.61 Å². The van der Waals surface area contributed by atoms with E-state index >= 15 is 0 Å². The third-order valence-electron chi connectivity index (χ3n) is 6.65. The fourth-order valence-corrected chi connectivity index (χ4v) is 4.38. The zero-order chi connectivity index (χ0) is 25.7. The van der Waals surface area contributed by atoms with Crippen LogP contribution in [0.3, 0.4) is 0 Å². The number of hydrogen-bond donors (Lipinski definition) is 1. The predicted molar refractivity (Wildman–Crippen MR) is 148 cm³/mol. The van der Waals surface area contributed by atoms with E-state index in [2.05, 4.69) is 6.92 Å². The minimum absolute atomic E-state index is 0.182. The van der Waals surface area contributed by atoms with Gasteiger partial charge >= 0.3 is 0 Å². The highest BCUT2D eigenvalue weighted by Crippen LogP contribution is 2.16. The van der Waals surface area contributed by atoms with Gasteiger partial charge in [-0.25, -0.2) is 0 Å². The third kappa shape index (κ3) is 14.5. The Hall–Kier alpha value is -2.01. The molecule has 0 unspecified atom stereocenters. The number of aliphatic hydroxyl groups excluding tert-OH is 1. The summed E-state index contributed by atoms with van der Waals surface area (Å²) in [5.74, 6) is 0.264. The molecule has 200 valence electrons. The smallest absolute Gasteiger partial charge is 0.133 e. The van der Waals surface area contributed by atoms with Crippen LogP contribution in [0.2, 0.25) is 0 Å². The largest absolute Gasteiger partial charge is 0.388 e. The Bertz CT molecular complexity index is 777. The van der Waals surface area contributed by atoms with E-state index in [9.17, 15) is 9.90 Å². The first-order chi connectivity index (χ1) is 17.7. The van der Waals surface area contributed by atoms with Crippen molar-refractivity contribution in [3.05, 3.63) is 71.8 Å². The standard InChI is InChI=1S/C32H48O4/c1-2-3-4-5-6-7-8-9-10-17-22-30(33)23-24-32(36-26-29-20-15-12-16-21-29)31(34)27-35-25-28-18-13-11-14-19-28/h11-16,18-21,31-32,34H,2-10,17,22-27H2,1H3/t31-,32+/m1/s1. The van der Waals surface area contributed by atoms with E-state index in [1.807, 2.05) is 60.7 Å². The molecular weight excluding hydrogens is 448 g/mol. The quantitative estimate of drug-likeness (QED) is 0.169. The molecule has 0 radical (unpaired) electrons. The Kier molecular flexibility index (Phi) is 16.9. The normalized spacial score (nSPS) is 12.9. The molecule has 0 bridgehead atoms. The molecule has 0 aliphatic heterocycles. The van der Waals surface area contributed by atoms with Crippen molar-refractivity contribution in [3.63, 3.8) is 0 Å². The summed E-state index contributed by atoms with van der Waals surface area (Å²) >= 11 is 0. The molecular formula is C32H48O4. The van der Waals surface area contributed by atoms with Gasteiger partial charge in [-0.1, -0.05) is 125 Å². The van der Waals surface area contributed by atoms with Gasteiger partial charge in [0.15, 0.2) is 0 Å². The SMILES string of the molecule is CCCCCCCCCCCCC(=O)CC[C@H](OCc1ccccc1)[C@H](O)COCc1ccccc1. The zero-order valence-electron chi connectivity index (χ0n) is 22.4. The van der Waals surface area contributed by atoms with Gasteiger partial charge in [0.05, 0.1) is 25.9 Å². The lowest BCUT2D eigenvalue weighted by Gasteiger charge is -2.23. The Morgan fingerprint density at radius 1 is 0.722 bits per heavy atom. The first-order valence-corrected chi connectivity index (χ1v) is 14.2. The van der Waals surface area contributed by atoms with Gasteiger partial charge in [-0.3, -0.25) is 4.79 Å². The van der Waals surface area contributed by atoms with Crippen molar-refractivity contribution in [2.45, 2.75) is 116 Å². The number of ether oxygens (including phenoxy) is 2. The van der Waals surface area contributed by atoms with E-state index in [0.29, 0.717) is 32.5 Å². The maximum atomic E-state index is 12.5. The number of carbonyl (C=O) groups is 1. The second-order valence-corrected chi connectivity index (χ2v) is 9.91. The number of unbranched alkanes of at least 4 members (excludes halogenated alkanes) is 9. The van der Waals surface area contributed by atoms with Crippen molar-refractivity contribution in [3.8, 4) is 0 Å². The van der Waals surface area contributed by atoms with Crippen LogP contribution in [0, 0.1) is 0 Å². The van der Waals surface area contributed by atoms with E-state index < -0.39 is 12.2 Å². The lowest BCUT2D eigenvalue weighted by Crippen LogP contribution is -2.33. The molecule has 36 heavy (non-hydrogen) atoms. The van der Waals surface area contributed by atoms with E-state index in [1.165, 1.54) is 51.4 Å². The summed E-state index contributed by atoms with van der Waals surface area (Å²) in [5, 5.41) is 10.8. The topological polar surface area (TPSA) is 55.8 Å². The Labute approximate surface area is 219 Å². The molecule has 0 amide bonds. The van der Waals surface area contributed by atoms with Gasteiger partial charge in [0, 0.05) is 12.8 Å². The van der Waals surface area contributed by atoms with Crippen LogP contribution in [0.15, 0.2) is 60.7 Å². The number of Topliss-reactive ketones (excluding diaryl/α,β-unsaturated/α-hetero) is 1. The number of ketones is 1. The van der Waals surface area contributed by atoms with E-state index in [4.69, 9.17) is 9.47 Å². The van der Waals surface area contributed by atoms with Crippen LogP contribution in [-0.4, -0.2) is 29.7 Å². The molecule has 4 nitrogen and oxygen atoms in total. The summed E-state index contributed by atoms with van der Waals surface area (Å²) in [6.07, 6.45) is 13.0. The van der Waals surface area contributed by atoms with Crippen LogP contribution in [0.25, 0.3) is 0 Å². The Morgan fingerprint density at radius 2 is 1.25 bits per heavy atom. The van der Waals surface area contributed by atoms with Crippen LogP contribution >= 0.6 is 0 Å². The predicted octanol–water partition coefficient (Wildman–Crippen LogP) is 7.81. The number of benzene rings is 2. The van der Waals surface area contributed by atoms with Crippen LogP contribution in [0.5, 0.6) is 0 Å². The van der Waals surface area contributed by atoms with Crippen molar-refractivity contribution in [1.29, 1.82) is 0 Å². The van der Waals surface area contributed by atoms with Crippen LogP contribution < -0.4 is 0 Å². The maximum absolute atomic E-state index is 12.5. The third-order valence-corrected chi connectivity index (χ3v) is 6.65. The van der Waals surface area contributed by atoms with Crippen LogP contribution in [0.1, 0.15) is 102 Å². The summed E-state index contributed by atoms with van der Waals surface area (Å²) < 4.78 is 11.8. The first-order valence-electron chi connectivity index (χ1n) is 14.2. The molecule has 0 aliphatic rings. The van der Waals surface area contributed by atoms with Crippen molar-refractivity contribution < 1.29 is 19.4 Å². The molecule has 0 saturated heterocycles. The van der Waals surface area contributed by atoms with Gasteiger partial charge in [-0.2, -0.15) is 0 Å². The average molecular weight is 497 g/mol. The van der Waals surface area contributed by atoms with Gasteiger partial charge in [-0.05, 0) is 24.0 Å². The summed E-state index contributed by atoms with van der Waals surface area (Å²) in [7, 11) is 0. The average Bonchev–Trinajstić information content (AvgIpc) is 2.91. The number of hydrogen-bond acceptors (Lipinski definition) is 4. The lowest BCUT2D eigenvalue weighted by molar-refractivity contribution is -0.122. The Morgan fingerprint density at radius 3 is 1.83 bits per heavy atom. The summed E-state index contributed by atoms with van der Waals surface area (Å²) in [6, 6.07) is 19.9. The maximum Gasteiger partial charge on any atom is 0.133 e. The minimum atomic E-state index is -0.775. The minimum Gasteiger partial charge on any atom is -0.388 e. The van der Waals surface area contributed by atoms with E-state index in [-0.39, 0.29) is 12.4 Å². The van der Waals surface area contributed by atoms with Gasteiger partial charge in [-0.15, -0.1) is 0 Å². The Balaban J connectivity index is 1.66. The second kappa shape index (κ2) is 20.1. The van der Waals surface area contributed by atoms with Gasteiger partial charge in [0.25, 0.3) is 0 Å². The molecule has 0 aromatic heterocycles. The van der Waals surface area contributed by atoms with Crippen molar-refractivity contribution in [2.24, 2.45) is 0 Å². The molecule has 4 heteroatoms. The fourth-order valence-electron chi connectivity index (χ4n) is 4.38. The molecule has 0 spiro atoms. The second-order valence-electron chi connectivity index (χ2n) is 9.91. The van der Waals surface area contributed by atoms with Crippen molar-refractivity contribution >= 4 is 5.78 Å². The molecule has 2 aromatic rings. The number of carbonyl (C=O) groups excluding carboxylic acids is 1. The molecule has 0 heterocycles. The van der Waals surface area contributed by atoms with E-state index in [0.717, 1.165) is 24.0 Å². The van der Waals surface area contributed by atoms with Crippen LogP contribution in [-0.2, 0) is 27.5 Å². The highest BCUT2D eigenvalue weighted by atomic mass is 16.5. The highest BCUT2D eigenvalue weighted by Gasteiger charge is 2.21. The number of rotatable bonds is 22. The van der Waals surface area contributed by atoms with E-state index in [1.54, 1.807) is 0 Å². The lowest BCUT2D eigenvalue weighted by atomic mass is 10.0. The zero-order valence-corrected chi connectivity index (χ0v) is 22.4. The molecule has 1 N–H and O–H groups in total. The highest BCUT2D eigenvalue weighted by molar-refractivity contribution is 5.78. The van der Waals surface area contributed by atoms with Gasteiger partial charge in [0.1, 0.15) is 11.9 Å². The van der Waals surface area contributed by atoms with Crippen LogP contribution in [0.4, 0.5) is 0 Å². The first kappa shape index (κ1) is 30.2. The summed E-state index contributed by atoms with van der Waals surface area (Å²) in [4.78, 5) is 12.5. The molecule has 2 rings (SSSR count). The fraction of sp³-hybridized carbons (Fsp3) is 0.594. The molecule has 2 atom stereocenters. The number of aliphatic hydroxyl groups is 1. The monoisotopic (exact) mass is 496 g/mol. The molecule has 0 fully saturated rings. The summed E-state index contributed by atoms with van der Waals surface area (Å²) in [5.41, 5.74) is 2.12. The molecule has 2 aromatic carbocycles. The van der Waals surface area contributed by atoms with Gasteiger partial charge < -0.3 is 14.6 Å². The molecule has 0 aliphatic carbocycles. The van der Waals surface area contributed by atoms with Gasteiger partial charge in [0.2, 0.25) is 0 Å². The summed E-state index contributed by atoms with van der Waals surface area (Å²) in [6.45, 7) is 3.29. The molecule has 0 saturated carbocycles.